The Labute approximate surface area is 187 Å². The van der Waals surface area contributed by atoms with Crippen molar-refractivity contribution in [3.8, 4) is 17.0 Å². The fraction of sp³-hybridized carbons (Fsp3) is 0.360. The predicted molar refractivity (Wildman–Crippen MR) is 127 cm³/mol. The number of H-pyrrole nitrogens is 1. The molecule has 2 N–H and O–H groups in total. The van der Waals surface area contributed by atoms with E-state index in [9.17, 15) is 4.79 Å². The topological polar surface area (TPSA) is 75.2 Å². The Morgan fingerprint density at radius 2 is 2.06 bits per heavy atom. The molecule has 4 aromatic rings. The molecule has 5 rings (SSSR count). The third-order valence-electron chi connectivity index (χ3n) is 6.28. The van der Waals surface area contributed by atoms with Crippen molar-refractivity contribution in [3.05, 3.63) is 48.8 Å². The Bertz CT molecular complexity index is 1200. The highest BCUT2D eigenvalue weighted by Crippen LogP contribution is 2.34. The van der Waals surface area contributed by atoms with Gasteiger partial charge in [0.1, 0.15) is 17.9 Å². The van der Waals surface area contributed by atoms with Gasteiger partial charge in [-0.1, -0.05) is 6.42 Å². The van der Waals surface area contributed by atoms with Crippen molar-refractivity contribution in [1.29, 1.82) is 0 Å². The molecule has 0 bridgehead atoms. The molecule has 0 spiro atoms. The summed E-state index contributed by atoms with van der Waals surface area (Å²) in [4.78, 5) is 23.0. The van der Waals surface area contributed by atoms with Gasteiger partial charge in [0.2, 0.25) is 5.91 Å². The lowest BCUT2D eigenvalue weighted by Gasteiger charge is -2.26. The van der Waals surface area contributed by atoms with Crippen molar-refractivity contribution in [2.75, 3.05) is 33.3 Å². The molecule has 1 amide bonds. The van der Waals surface area contributed by atoms with Crippen LogP contribution in [0.2, 0.25) is 0 Å². The van der Waals surface area contributed by atoms with Crippen molar-refractivity contribution < 1.29 is 9.53 Å². The van der Waals surface area contributed by atoms with Crippen LogP contribution in [-0.2, 0) is 11.3 Å². The van der Waals surface area contributed by atoms with Crippen LogP contribution in [-0.4, -0.2) is 58.6 Å². The first-order chi connectivity index (χ1) is 15.7. The number of likely N-dealkylation sites (tertiary alicyclic amines) is 1. The van der Waals surface area contributed by atoms with Gasteiger partial charge in [-0.2, -0.15) is 0 Å². The molecule has 166 valence electrons. The second-order valence-electron chi connectivity index (χ2n) is 8.43. The summed E-state index contributed by atoms with van der Waals surface area (Å²) >= 11 is 0. The molecule has 1 fully saturated rings. The molecule has 0 aliphatic carbocycles. The fourth-order valence-electron chi connectivity index (χ4n) is 4.60. The van der Waals surface area contributed by atoms with Crippen molar-refractivity contribution >= 4 is 27.8 Å². The van der Waals surface area contributed by atoms with E-state index in [0.717, 1.165) is 58.6 Å². The smallest absolute Gasteiger partial charge is 0.239 e. The van der Waals surface area contributed by atoms with Crippen LogP contribution < -0.4 is 10.1 Å². The average Bonchev–Trinajstić information content (AvgIpc) is 3.41. The summed E-state index contributed by atoms with van der Waals surface area (Å²) in [6.07, 6.45) is 7.67. The predicted octanol–water partition coefficient (Wildman–Crippen LogP) is 3.80. The van der Waals surface area contributed by atoms with Gasteiger partial charge in [-0.05, 0) is 62.3 Å². The van der Waals surface area contributed by atoms with Crippen LogP contribution in [0.4, 0.5) is 0 Å². The third kappa shape index (κ3) is 4.21. The summed E-state index contributed by atoms with van der Waals surface area (Å²) in [5.74, 6) is 0.816. The molecule has 0 radical (unpaired) electrons. The lowest BCUT2D eigenvalue weighted by atomic mass is 10.1. The van der Waals surface area contributed by atoms with Crippen LogP contribution in [0.15, 0.2) is 48.8 Å². The Hall–Kier alpha value is -3.32. The van der Waals surface area contributed by atoms with Gasteiger partial charge >= 0.3 is 0 Å². The summed E-state index contributed by atoms with van der Waals surface area (Å²) in [7, 11) is 1.67. The monoisotopic (exact) mass is 431 g/mol. The van der Waals surface area contributed by atoms with Gasteiger partial charge in [0.15, 0.2) is 0 Å². The Morgan fingerprint density at radius 1 is 1.19 bits per heavy atom. The molecule has 1 aliphatic rings. The van der Waals surface area contributed by atoms with Crippen molar-refractivity contribution in [2.24, 2.45) is 0 Å². The van der Waals surface area contributed by atoms with Crippen LogP contribution in [0.1, 0.15) is 19.3 Å². The zero-order valence-electron chi connectivity index (χ0n) is 18.4. The van der Waals surface area contributed by atoms with Gasteiger partial charge in [-0.25, -0.2) is 4.98 Å². The Balaban J connectivity index is 1.38. The quantitative estimate of drug-likeness (QED) is 0.467. The molecule has 3 aromatic heterocycles. The zero-order chi connectivity index (χ0) is 21.9. The third-order valence-corrected chi connectivity index (χ3v) is 6.28. The van der Waals surface area contributed by atoms with Crippen molar-refractivity contribution in [3.63, 3.8) is 0 Å². The largest absolute Gasteiger partial charge is 0.497 e. The van der Waals surface area contributed by atoms with E-state index in [-0.39, 0.29) is 12.5 Å². The molecule has 7 heteroatoms. The molecule has 0 atom stereocenters. The zero-order valence-corrected chi connectivity index (χ0v) is 18.4. The summed E-state index contributed by atoms with van der Waals surface area (Å²) in [6, 6.07) is 12.0. The van der Waals surface area contributed by atoms with Crippen LogP contribution in [0.25, 0.3) is 33.2 Å². The van der Waals surface area contributed by atoms with Crippen LogP contribution in [0.5, 0.6) is 5.75 Å². The number of hydrogen-bond acceptors (Lipinski definition) is 4. The number of carbonyl (C=O) groups is 1. The minimum atomic E-state index is 0.0274. The van der Waals surface area contributed by atoms with E-state index in [2.05, 4.69) is 26.3 Å². The number of nitrogens with one attached hydrogen (secondary N) is 2. The molecule has 0 unspecified atom stereocenters. The maximum atomic E-state index is 12.7. The van der Waals surface area contributed by atoms with Gasteiger partial charge in [0, 0.05) is 53.0 Å². The number of hydrogen-bond donors (Lipinski definition) is 2. The number of rotatable bonds is 7. The number of pyridine rings is 1. The van der Waals surface area contributed by atoms with Gasteiger partial charge < -0.3 is 24.5 Å². The number of amides is 1. The first-order valence-corrected chi connectivity index (χ1v) is 11.3. The second-order valence-corrected chi connectivity index (χ2v) is 8.43. The van der Waals surface area contributed by atoms with E-state index in [1.54, 1.807) is 13.3 Å². The molecule has 0 saturated carbocycles. The number of piperidine rings is 1. The van der Waals surface area contributed by atoms with E-state index in [1.165, 1.54) is 19.3 Å². The standard InChI is InChI=1S/C25H29N5O2/c1-32-19-7-8-23-20(15-19)21(22-14-18-6-5-9-27-25(18)28-22)16-30(23)17-24(31)26-10-13-29-11-3-2-4-12-29/h5-9,14-16H,2-4,10-13,17H2,1H3,(H,26,31)(H,27,28). The number of carbonyl (C=O) groups excluding carboxylic acids is 1. The first kappa shape index (κ1) is 20.6. The normalized spacial score (nSPS) is 14.8. The SMILES string of the molecule is COc1ccc2c(c1)c(-c1cc3cccnc3[nH]1)cn2CC(=O)NCCN1CCCCC1. The van der Waals surface area contributed by atoms with Crippen LogP contribution in [0.3, 0.4) is 0 Å². The maximum absolute atomic E-state index is 12.7. The van der Waals surface area contributed by atoms with Crippen LogP contribution in [0, 0.1) is 0 Å². The maximum Gasteiger partial charge on any atom is 0.239 e. The summed E-state index contributed by atoms with van der Waals surface area (Å²) < 4.78 is 7.47. The molecule has 1 saturated heterocycles. The number of benzene rings is 1. The Kier molecular flexibility index (Phi) is 5.81. The van der Waals surface area contributed by atoms with Gasteiger partial charge in [0.25, 0.3) is 0 Å². The summed E-state index contributed by atoms with van der Waals surface area (Å²) in [5, 5.41) is 5.19. The molecule has 1 aromatic carbocycles. The number of aromatic amines is 1. The second kappa shape index (κ2) is 9.04. The molecule has 1 aliphatic heterocycles. The van der Waals surface area contributed by atoms with Gasteiger partial charge in [-0.3, -0.25) is 4.79 Å². The van der Waals surface area contributed by atoms with E-state index in [1.807, 2.05) is 41.1 Å². The fourth-order valence-corrected chi connectivity index (χ4v) is 4.60. The highest BCUT2D eigenvalue weighted by molar-refractivity contribution is 5.99. The van der Waals surface area contributed by atoms with E-state index >= 15 is 0 Å². The molecule has 32 heavy (non-hydrogen) atoms. The number of nitrogens with zero attached hydrogens (tertiary/aromatic N) is 3. The first-order valence-electron chi connectivity index (χ1n) is 11.3. The van der Waals surface area contributed by atoms with E-state index in [4.69, 9.17) is 4.74 Å². The summed E-state index contributed by atoms with van der Waals surface area (Å²) in [5.41, 5.74) is 3.85. The summed E-state index contributed by atoms with van der Waals surface area (Å²) in [6.45, 7) is 4.17. The number of aromatic nitrogens is 3. The highest BCUT2D eigenvalue weighted by Gasteiger charge is 2.16. The lowest BCUT2D eigenvalue weighted by molar-refractivity contribution is -0.121. The van der Waals surface area contributed by atoms with E-state index < -0.39 is 0 Å². The minimum absolute atomic E-state index is 0.0274. The number of fused-ring (bicyclic) bond motifs is 2. The Morgan fingerprint density at radius 3 is 2.88 bits per heavy atom. The highest BCUT2D eigenvalue weighted by atomic mass is 16.5. The van der Waals surface area contributed by atoms with Gasteiger partial charge in [0.05, 0.1) is 7.11 Å². The number of methoxy groups -OCH3 is 1. The van der Waals surface area contributed by atoms with E-state index in [0.29, 0.717) is 6.54 Å². The van der Waals surface area contributed by atoms with Crippen LogP contribution >= 0.6 is 0 Å². The lowest BCUT2D eigenvalue weighted by Crippen LogP contribution is -2.38. The molecular weight excluding hydrogens is 402 g/mol. The molecular formula is C25H29N5O2. The molecule has 4 heterocycles. The van der Waals surface area contributed by atoms with Gasteiger partial charge in [-0.15, -0.1) is 0 Å². The van der Waals surface area contributed by atoms with Crippen molar-refractivity contribution in [2.45, 2.75) is 25.8 Å². The van der Waals surface area contributed by atoms with Crippen molar-refractivity contribution in [1.82, 2.24) is 24.8 Å². The minimum Gasteiger partial charge on any atom is -0.497 e. The number of ether oxygens (including phenoxy) is 1. The average molecular weight is 432 g/mol. The molecule has 7 nitrogen and oxygen atoms in total.